The number of nitrogens with zero attached hydrogens (tertiary/aromatic N) is 2. The summed E-state index contributed by atoms with van der Waals surface area (Å²) >= 11 is 0. The fourth-order valence-corrected chi connectivity index (χ4v) is 4.46. The van der Waals surface area contributed by atoms with Crippen molar-refractivity contribution >= 4 is 11.9 Å². The van der Waals surface area contributed by atoms with Crippen molar-refractivity contribution in [2.24, 2.45) is 11.8 Å². The molecule has 1 aromatic rings. The van der Waals surface area contributed by atoms with E-state index in [2.05, 4.69) is 10.2 Å². The van der Waals surface area contributed by atoms with E-state index in [1.54, 1.807) is 6.26 Å². The van der Waals surface area contributed by atoms with Gasteiger partial charge in [0, 0.05) is 32.1 Å². The van der Waals surface area contributed by atoms with E-state index in [4.69, 9.17) is 4.42 Å². The van der Waals surface area contributed by atoms with Gasteiger partial charge < -0.3 is 19.5 Å². The zero-order chi connectivity index (χ0) is 15.8. The molecule has 23 heavy (non-hydrogen) atoms. The van der Waals surface area contributed by atoms with Crippen LogP contribution in [0.2, 0.25) is 0 Å². The Labute approximate surface area is 135 Å². The molecule has 3 aliphatic heterocycles. The van der Waals surface area contributed by atoms with Gasteiger partial charge in [-0.25, -0.2) is 4.79 Å². The van der Waals surface area contributed by atoms with Gasteiger partial charge in [0.1, 0.15) is 5.76 Å². The number of piperidine rings is 3. The van der Waals surface area contributed by atoms with Crippen LogP contribution in [0.15, 0.2) is 22.8 Å². The van der Waals surface area contributed by atoms with Crippen LogP contribution < -0.4 is 5.32 Å². The lowest BCUT2D eigenvalue weighted by Crippen LogP contribution is -2.62. The van der Waals surface area contributed by atoms with Gasteiger partial charge in [0.15, 0.2) is 0 Å². The highest BCUT2D eigenvalue weighted by Gasteiger charge is 2.44. The Balaban J connectivity index is 1.39. The summed E-state index contributed by atoms with van der Waals surface area (Å²) in [4.78, 5) is 28.6. The Hall–Kier alpha value is -1.98. The van der Waals surface area contributed by atoms with Crippen molar-refractivity contribution in [2.45, 2.75) is 38.3 Å². The summed E-state index contributed by atoms with van der Waals surface area (Å²) in [6.45, 7) is 2.75. The smallest absolute Gasteiger partial charge is 0.317 e. The Morgan fingerprint density at radius 2 is 2.26 bits per heavy atom. The van der Waals surface area contributed by atoms with Crippen LogP contribution in [0.25, 0.3) is 0 Å². The lowest BCUT2D eigenvalue weighted by Gasteiger charge is -2.52. The van der Waals surface area contributed by atoms with Crippen LogP contribution in [0.3, 0.4) is 0 Å². The summed E-state index contributed by atoms with van der Waals surface area (Å²) in [5.41, 5.74) is 0. The summed E-state index contributed by atoms with van der Waals surface area (Å²) < 4.78 is 5.25. The van der Waals surface area contributed by atoms with Gasteiger partial charge in [0.25, 0.3) is 0 Å². The molecule has 3 aliphatic rings. The number of likely N-dealkylation sites (tertiary alicyclic amines) is 1. The van der Waals surface area contributed by atoms with Gasteiger partial charge >= 0.3 is 6.03 Å². The minimum atomic E-state index is -0.0216. The molecule has 3 amide bonds. The lowest BCUT2D eigenvalue weighted by atomic mass is 9.76. The van der Waals surface area contributed by atoms with Crippen molar-refractivity contribution in [1.29, 1.82) is 0 Å². The molecule has 6 nitrogen and oxygen atoms in total. The van der Waals surface area contributed by atoms with E-state index < -0.39 is 0 Å². The molecule has 6 heteroatoms. The van der Waals surface area contributed by atoms with Gasteiger partial charge in [0.2, 0.25) is 5.91 Å². The largest absolute Gasteiger partial charge is 0.467 e. The monoisotopic (exact) mass is 317 g/mol. The van der Waals surface area contributed by atoms with Crippen molar-refractivity contribution in [1.82, 2.24) is 15.1 Å². The van der Waals surface area contributed by atoms with Crippen LogP contribution in [0, 0.1) is 11.8 Å². The number of hydrogen-bond donors (Lipinski definition) is 1. The summed E-state index contributed by atoms with van der Waals surface area (Å²) in [6.07, 6.45) is 5.54. The molecule has 124 valence electrons. The first-order valence-electron chi connectivity index (χ1n) is 8.55. The second-order valence-corrected chi connectivity index (χ2v) is 7.01. The second-order valence-electron chi connectivity index (χ2n) is 7.01. The van der Waals surface area contributed by atoms with Crippen LogP contribution in [0.5, 0.6) is 0 Å². The molecule has 0 aromatic carbocycles. The molecule has 0 radical (unpaired) electrons. The van der Waals surface area contributed by atoms with Crippen LogP contribution in [-0.4, -0.2) is 47.4 Å². The van der Waals surface area contributed by atoms with Crippen LogP contribution in [0.1, 0.15) is 31.4 Å². The quantitative estimate of drug-likeness (QED) is 0.905. The normalized spacial score (nSPS) is 30.1. The van der Waals surface area contributed by atoms with E-state index in [1.165, 1.54) is 0 Å². The van der Waals surface area contributed by atoms with Crippen molar-refractivity contribution in [3.63, 3.8) is 0 Å². The Kier molecular flexibility index (Phi) is 3.75. The average molecular weight is 317 g/mol. The van der Waals surface area contributed by atoms with E-state index in [0.717, 1.165) is 44.7 Å². The number of furan rings is 1. The number of rotatable bonds is 2. The molecule has 3 atom stereocenters. The predicted octanol–water partition coefficient (Wildman–Crippen LogP) is 1.82. The summed E-state index contributed by atoms with van der Waals surface area (Å²) in [5, 5.41) is 2.94. The number of amides is 3. The topological polar surface area (TPSA) is 65.8 Å². The molecule has 0 aliphatic carbocycles. The lowest BCUT2D eigenvalue weighted by molar-refractivity contribution is -0.144. The maximum absolute atomic E-state index is 12.4. The zero-order valence-corrected chi connectivity index (χ0v) is 13.2. The van der Waals surface area contributed by atoms with Gasteiger partial charge in [-0.3, -0.25) is 4.79 Å². The third kappa shape index (κ3) is 2.82. The summed E-state index contributed by atoms with van der Waals surface area (Å²) in [6, 6.07) is 4.00. The minimum absolute atomic E-state index is 0.0216. The molecule has 0 unspecified atom stereocenters. The van der Waals surface area contributed by atoms with E-state index in [-0.39, 0.29) is 6.03 Å². The highest BCUT2D eigenvalue weighted by Crippen LogP contribution is 2.37. The van der Waals surface area contributed by atoms with E-state index in [1.807, 2.05) is 17.0 Å². The SMILES string of the molecule is O=C(NCc1ccco1)N1C[C@H]2C[C@H](C1)[C@H]1CCCC(=O)N1C2. The molecule has 1 aromatic heterocycles. The molecule has 0 spiro atoms. The minimum Gasteiger partial charge on any atom is -0.467 e. The number of urea groups is 1. The molecule has 4 heterocycles. The number of carbonyl (C=O) groups excluding carboxylic acids is 2. The maximum Gasteiger partial charge on any atom is 0.317 e. The first kappa shape index (κ1) is 14.6. The van der Waals surface area contributed by atoms with Crippen molar-refractivity contribution in [3.05, 3.63) is 24.2 Å². The van der Waals surface area contributed by atoms with Crippen molar-refractivity contribution in [2.75, 3.05) is 19.6 Å². The number of carbonyl (C=O) groups is 2. The first-order chi connectivity index (χ1) is 11.2. The average Bonchev–Trinajstić information content (AvgIpc) is 3.07. The molecule has 3 saturated heterocycles. The molecule has 1 N–H and O–H groups in total. The zero-order valence-electron chi connectivity index (χ0n) is 13.2. The molecular formula is C17H23N3O3. The van der Waals surface area contributed by atoms with Crippen molar-refractivity contribution < 1.29 is 14.0 Å². The Morgan fingerprint density at radius 3 is 3.09 bits per heavy atom. The third-order valence-corrected chi connectivity index (χ3v) is 5.46. The van der Waals surface area contributed by atoms with Crippen LogP contribution >= 0.6 is 0 Å². The molecular weight excluding hydrogens is 294 g/mol. The Bertz CT molecular complexity index is 586. The van der Waals surface area contributed by atoms with E-state index >= 15 is 0 Å². The highest BCUT2D eigenvalue weighted by atomic mass is 16.3. The van der Waals surface area contributed by atoms with E-state index in [0.29, 0.717) is 36.8 Å². The number of hydrogen-bond acceptors (Lipinski definition) is 3. The molecule has 2 bridgehead atoms. The second kappa shape index (κ2) is 5.91. The molecule has 4 rings (SSSR count). The van der Waals surface area contributed by atoms with Crippen molar-refractivity contribution in [3.8, 4) is 0 Å². The maximum atomic E-state index is 12.4. The number of nitrogens with one attached hydrogen (secondary N) is 1. The standard InChI is InChI=1S/C17H23N3O3/c21-16-5-1-4-15-13-7-12(10-20(15)16)9-19(11-13)17(22)18-8-14-3-2-6-23-14/h2-3,6,12-13,15H,1,4-5,7-11H2,(H,18,22)/t12-,13-,15-/m1/s1. The van der Waals surface area contributed by atoms with Crippen LogP contribution in [-0.2, 0) is 11.3 Å². The molecule has 3 fully saturated rings. The molecule has 0 saturated carbocycles. The third-order valence-electron chi connectivity index (χ3n) is 5.46. The van der Waals surface area contributed by atoms with Gasteiger partial charge in [0.05, 0.1) is 12.8 Å². The number of fused-ring (bicyclic) bond motifs is 4. The summed E-state index contributed by atoms with van der Waals surface area (Å²) in [7, 11) is 0. The van der Waals surface area contributed by atoms with Gasteiger partial charge in [-0.1, -0.05) is 0 Å². The van der Waals surface area contributed by atoms with E-state index in [9.17, 15) is 9.59 Å². The highest BCUT2D eigenvalue weighted by molar-refractivity contribution is 5.78. The van der Waals surface area contributed by atoms with Gasteiger partial charge in [-0.05, 0) is 43.2 Å². The summed E-state index contributed by atoms with van der Waals surface area (Å²) in [5.74, 6) is 1.92. The van der Waals surface area contributed by atoms with Gasteiger partial charge in [-0.2, -0.15) is 0 Å². The van der Waals surface area contributed by atoms with Crippen LogP contribution in [0.4, 0.5) is 4.79 Å². The Morgan fingerprint density at radius 1 is 1.35 bits per heavy atom. The van der Waals surface area contributed by atoms with Gasteiger partial charge in [-0.15, -0.1) is 0 Å². The fraction of sp³-hybridized carbons (Fsp3) is 0.647. The predicted molar refractivity (Wildman–Crippen MR) is 83.5 cm³/mol. The fourth-order valence-electron chi connectivity index (χ4n) is 4.46. The first-order valence-corrected chi connectivity index (χ1v) is 8.55.